The first kappa shape index (κ1) is 23.1. The van der Waals surface area contributed by atoms with E-state index in [4.69, 9.17) is 0 Å². The Balaban J connectivity index is 1.98. The number of benzene rings is 2. The van der Waals surface area contributed by atoms with Gasteiger partial charge < -0.3 is 4.90 Å². The van der Waals surface area contributed by atoms with Crippen LogP contribution in [0.3, 0.4) is 0 Å². The van der Waals surface area contributed by atoms with Crippen LogP contribution < -0.4 is 0 Å². The fourth-order valence-electron chi connectivity index (χ4n) is 3.39. The third-order valence-corrected chi connectivity index (χ3v) is 6.29. The fourth-order valence-corrected chi connectivity index (χ4v) is 4.24. The van der Waals surface area contributed by atoms with E-state index in [-0.39, 0.29) is 11.3 Å². The topological polar surface area (TPSA) is 51.0 Å². The molecule has 164 valence electrons. The second-order valence-corrected chi connectivity index (χ2v) is 9.60. The van der Waals surface area contributed by atoms with Crippen LogP contribution >= 0.6 is 11.8 Å². The Morgan fingerprint density at radius 1 is 0.968 bits per heavy atom. The van der Waals surface area contributed by atoms with E-state index in [1.54, 1.807) is 0 Å². The molecular weight excluding hydrogens is 404 g/mol. The second kappa shape index (κ2) is 9.69. The summed E-state index contributed by atoms with van der Waals surface area (Å²) in [6, 6.07) is 16.8. The molecule has 0 spiro atoms. The quantitative estimate of drug-likeness (QED) is 0.459. The van der Waals surface area contributed by atoms with Gasteiger partial charge in [0.15, 0.2) is 11.0 Å². The maximum atomic E-state index is 12.5. The van der Waals surface area contributed by atoms with Gasteiger partial charge in [-0.1, -0.05) is 74.5 Å². The number of amides is 1. The van der Waals surface area contributed by atoms with Gasteiger partial charge in [0.1, 0.15) is 0 Å². The number of carbonyl (C=O) groups excluding carboxylic acids is 1. The molecule has 0 saturated carbocycles. The summed E-state index contributed by atoms with van der Waals surface area (Å²) in [5.41, 5.74) is 4.55. The third kappa shape index (κ3) is 5.37. The molecule has 0 fully saturated rings. The zero-order chi connectivity index (χ0) is 22.6. The standard InChI is InChI=1S/C25H32N4OS/c1-7-28(8-2)22(30)17-31-24-27-26-23(29(24)21-15-9-18(3)10-16-21)19-11-13-20(14-12-19)25(4,5)6/h9-16H,7-8,17H2,1-6H3. The van der Waals surface area contributed by atoms with Crippen LogP contribution in [0.5, 0.6) is 0 Å². The van der Waals surface area contributed by atoms with E-state index in [2.05, 4.69) is 86.4 Å². The first-order valence-corrected chi connectivity index (χ1v) is 11.8. The average molecular weight is 437 g/mol. The fraction of sp³-hybridized carbons (Fsp3) is 0.400. The smallest absolute Gasteiger partial charge is 0.233 e. The van der Waals surface area contributed by atoms with Crippen molar-refractivity contribution in [1.29, 1.82) is 0 Å². The molecule has 2 aromatic carbocycles. The second-order valence-electron chi connectivity index (χ2n) is 8.66. The van der Waals surface area contributed by atoms with E-state index in [0.717, 1.165) is 22.2 Å². The van der Waals surface area contributed by atoms with Gasteiger partial charge in [0.25, 0.3) is 0 Å². The molecule has 0 N–H and O–H groups in total. The molecule has 0 aliphatic rings. The van der Waals surface area contributed by atoms with Gasteiger partial charge in [-0.25, -0.2) is 0 Å². The lowest BCUT2D eigenvalue weighted by Crippen LogP contribution is -2.31. The van der Waals surface area contributed by atoms with Gasteiger partial charge in [0.2, 0.25) is 5.91 Å². The lowest BCUT2D eigenvalue weighted by Gasteiger charge is -2.19. The molecule has 0 unspecified atom stereocenters. The van der Waals surface area contributed by atoms with Gasteiger partial charge in [-0.05, 0) is 43.9 Å². The SMILES string of the molecule is CCN(CC)C(=O)CSc1nnc(-c2ccc(C(C)(C)C)cc2)n1-c1ccc(C)cc1. The number of hydrogen-bond acceptors (Lipinski definition) is 4. The number of aromatic nitrogens is 3. The third-order valence-electron chi connectivity index (χ3n) is 5.38. The largest absolute Gasteiger partial charge is 0.343 e. The highest BCUT2D eigenvalue weighted by Crippen LogP contribution is 2.30. The number of carbonyl (C=O) groups is 1. The minimum atomic E-state index is 0.0922. The van der Waals surface area contributed by atoms with Crippen molar-refractivity contribution in [3.8, 4) is 17.1 Å². The minimum Gasteiger partial charge on any atom is -0.343 e. The zero-order valence-electron chi connectivity index (χ0n) is 19.3. The predicted molar refractivity (Wildman–Crippen MR) is 129 cm³/mol. The maximum Gasteiger partial charge on any atom is 0.233 e. The summed E-state index contributed by atoms with van der Waals surface area (Å²) < 4.78 is 2.05. The van der Waals surface area contributed by atoms with Gasteiger partial charge in [-0.2, -0.15) is 0 Å². The van der Waals surface area contributed by atoms with E-state index >= 15 is 0 Å². The van der Waals surface area contributed by atoms with E-state index in [9.17, 15) is 4.79 Å². The molecular formula is C25H32N4OS. The van der Waals surface area contributed by atoms with Gasteiger partial charge in [-0.3, -0.25) is 9.36 Å². The average Bonchev–Trinajstić information content (AvgIpc) is 3.17. The highest BCUT2D eigenvalue weighted by atomic mass is 32.2. The molecule has 31 heavy (non-hydrogen) atoms. The van der Waals surface area contributed by atoms with Crippen LogP contribution in [0.4, 0.5) is 0 Å². The molecule has 0 bridgehead atoms. The summed E-state index contributed by atoms with van der Waals surface area (Å²) in [6.45, 7) is 14.1. The van der Waals surface area contributed by atoms with Crippen molar-refractivity contribution in [3.63, 3.8) is 0 Å². The van der Waals surface area contributed by atoms with Crippen molar-refractivity contribution in [2.75, 3.05) is 18.8 Å². The Morgan fingerprint density at radius 2 is 1.58 bits per heavy atom. The normalized spacial score (nSPS) is 11.5. The molecule has 0 saturated heterocycles. The number of thioether (sulfide) groups is 1. The number of aryl methyl sites for hydroxylation is 1. The highest BCUT2D eigenvalue weighted by molar-refractivity contribution is 7.99. The van der Waals surface area contributed by atoms with E-state index in [1.165, 1.54) is 22.9 Å². The molecule has 0 aliphatic heterocycles. The maximum absolute atomic E-state index is 12.5. The van der Waals surface area contributed by atoms with E-state index in [1.807, 2.05) is 23.3 Å². The van der Waals surface area contributed by atoms with Crippen LogP contribution in [0, 0.1) is 6.92 Å². The Labute approximate surface area is 189 Å². The lowest BCUT2D eigenvalue weighted by molar-refractivity contribution is -0.127. The lowest BCUT2D eigenvalue weighted by atomic mass is 9.87. The Kier molecular flexibility index (Phi) is 7.21. The van der Waals surface area contributed by atoms with Gasteiger partial charge in [-0.15, -0.1) is 10.2 Å². The summed E-state index contributed by atoms with van der Waals surface area (Å²) in [6.07, 6.45) is 0. The van der Waals surface area contributed by atoms with Crippen molar-refractivity contribution in [3.05, 3.63) is 59.7 Å². The molecule has 6 heteroatoms. The van der Waals surface area contributed by atoms with Crippen LogP contribution in [0.15, 0.2) is 53.7 Å². The van der Waals surface area contributed by atoms with Gasteiger partial charge >= 0.3 is 0 Å². The van der Waals surface area contributed by atoms with Crippen LogP contribution in [-0.2, 0) is 10.2 Å². The predicted octanol–water partition coefficient (Wildman–Crippen LogP) is 5.50. The Hall–Kier alpha value is -2.60. The molecule has 1 amide bonds. The molecule has 3 aromatic rings. The van der Waals surface area contributed by atoms with Crippen molar-refractivity contribution in [1.82, 2.24) is 19.7 Å². The van der Waals surface area contributed by atoms with Gasteiger partial charge in [0.05, 0.1) is 5.75 Å². The van der Waals surface area contributed by atoms with Crippen molar-refractivity contribution < 1.29 is 4.79 Å². The van der Waals surface area contributed by atoms with E-state index < -0.39 is 0 Å². The molecule has 0 radical (unpaired) electrons. The van der Waals surface area contributed by atoms with Crippen LogP contribution in [0.25, 0.3) is 17.1 Å². The molecule has 1 heterocycles. The summed E-state index contributed by atoms with van der Waals surface area (Å²) in [7, 11) is 0. The van der Waals surface area contributed by atoms with Crippen LogP contribution in [0.1, 0.15) is 45.7 Å². The summed E-state index contributed by atoms with van der Waals surface area (Å²) >= 11 is 1.43. The summed E-state index contributed by atoms with van der Waals surface area (Å²) in [5, 5.41) is 9.68. The highest BCUT2D eigenvalue weighted by Gasteiger charge is 2.20. The number of rotatable bonds is 7. The molecule has 1 aromatic heterocycles. The molecule has 0 atom stereocenters. The Morgan fingerprint density at radius 3 is 2.13 bits per heavy atom. The molecule has 5 nitrogen and oxygen atoms in total. The first-order chi connectivity index (χ1) is 14.7. The molecule has 3 rings (SSSR count). The van der Waals surface area contributed by atoms with Crippen molar-refractivity contribution in [2.24, 2.45) is 0 Å². The summed E-state index contributed by atoms with van der Waals surface area (Å²) in [5.74, 6) is 1.24. The van der Waals surface area contributed by atoms with E-state index in [0.29, 0.717) is 18.8 Å². The zero-order valence-corrected chi connectivity index (χ0v) is 20.2. The minimum absolute atomic E-state index is 0.0922. The molecule has 0 aliphatic carbocycles. The van der Waals surface area contributed by atoms with Gasteiger partial charge in [0, 0.05) is 24.3 Å². The van der Waals surface area contributed by atoms with Crippen LogP contribution in [0.2, 0.25) is 0 Å². The van der Waals surface area contributed by atoms with Crippen molar-refractivity contribution >= 4 is 17.7 Å². The summed E-state index contributed by atoms with van der Waals surface area (Å²) in [4.78, 5) is 14.4. The van der Waals surface area contributed by atoms with Crippen molar-refractivity contribution in [2.45, 2.75) is 52.1 Å². The number of nitrogens with zero attached hydrogens (tertiary/aromatic N) is 4. The number of hydrogen-bond donors (Lipinski definition) is 0. The van der Waals surface area contributed by atoms with Crippen LogP contribution in [-0.4, -0.2) is 44.4 Å². The first-order valence-electron chi connectivity index (χ1n) is 10.8. The Bertz CT molecular complexity index is 1010. The monoisotopic (exact) mass is 436 g/mol.